The van der Waals surface area contributed by atoms with Crippen LogP contribution in [0.1, 0.15) is 16.8 Å². The number of hydrogen-bond donors (Lipinski definition) is 3. The monoisotopic (exact) mass is 250 g/mol. The number of aromatic carboxylic acids is 1. The number of amides is 1. The van der Waals surface area contributed by atoms with Crippen molar-refractivity contribution in [2.24, 2.45) is 5.73 Å². The molecule has 1 rings (SSSR count). The van der Waals surface area contributed by atoms with Crippen LogP contribution in [0.5, 0.6) is 0 Å². The molecule has 0 aromatic heterocycles. The van der Waals surface area contributed by atoms with Crippen molar-refractivity contribution in [3.8, 4) is 12.3 Å². The molecule has 18 heavy (non-hydrogen) atoms. The number of terminal acetylenes is 1. The Labute approximate surface area is 103 Å². The van der Waals surface area contributed by atoms with Crippen LogP contribution in [0.2, 0.25) is 0 Å². The highest BCUT2D eigenvalue weighted by molar-refractivity contribution is 5.95. The van der Waals surface area contributed by atoms with Gasteiger partial charge in [0.2, 0.25) is 5.91 Å². The molecule has 0 fully saturated rings. The minimum absolute atomic E-state index is 0.0571. The third kappa shape index (κ3) is 3.30. The molecule has 4 N–H and O–H groups in total. The highest BCUT2D eigenvalue weighted by atomic mass is 19.1. The first kappa shape index (κ1) is 13.7. The lowest BCUT2D eigenvalue weighted by molar-refractivity contribution is -0.117. The summed E-state index contributed by atoms with van der Waals surface area (Å²) in [5, 5.41) is 11.0. The molecular formula is C12H11FN2O3. The van der Waals surface area contributed by atoms with Crippen molar-refractivity contribution < 1.29 is 19.1 Å². The SMILES string of the molecule is C#CCC(N)C(=O)Nc1ccc(C(=O)O)c(F)c1. The Balaban J connectivity index is 2.81. The number of carboxylic acids is 1. The van der Waals surface area contributed by atoms with E-state index in [0.717, 1.165) is 12.1 Å². The lowest BCUT2D eigenvalue weighted by Gasteiger charge is -2.10. The molecule has 1 atom stereocenters. The smallest absolute Gasteiger partial charge is 0.338 e. The maximum Gasteiger partial charge on any atom is 0.338 e. The second kappa shape index (κ2) is 5.80. The van der Waals surface area contributed by atoms with Crippen LogP contribution in [-0.4, -0.2) is 23.0 Å². The number of carbonyl (C=O) groups excluding carboxylic acids is 1. The van der Waals surface area contributed by atoms with Gasteiger partial charge in [0.05, 0.1) is 11.6 Å². The summed E-state index contributed by atoms with van der Waals surface area (Å²) in [6, 6.07) is 2.34. The molecule has 1 aromatic carbocycles. The van der Waals surface area contributed by atoms with Gasteiger partial charge in [0.15, 0.2) is 0 Å². The van der Waals surface area contributed by atoms with Crippen LogP contribution in [0.15, 0.2) is 18.2 Å². The molecule has 94 valence electrons. The van der Waals surface area contributed by atoms with E-state index in [1.807, 2.05) is 0 Å². The predicted octanol–water partition coefficient (Wildman–Crippen LogP) is 0.813. The van der Waals surface area contributed by atoms with Gasteiger partial charge in [-0.3, -0.25) is 4.79 Å². The Morgan fingerprint density at radius 3 is 2.72 bits per heavy atom. The summed E-state index contributed by atoms with van der Waals surface area (Å²) in [5.41, 5.74) is 5.10. The van der Waals surface area contributed by atoms with Gasteiger partial charge in [-0.05, 0) is 18.2 Å². The minimum atomic E-state index is -1.38. The Morgan fingerprint density at radius 1 is 1.56 bits per heavy atom. The van der Waals surface area contributed by atoms with Gasteiger partial charge in [0.1, 0.15) is 5.82 Å². The van der Waals surface area contributed by atoms with Crippen LogP contribution in [0.3, 0.4) is 0 Å². The first-order chi connectivity index (χ1) is 8.45. The van der Waals surface area contributed by atoms with Crippen molar-refractivity contribution in [2.75, 3.05) is 5.32 Å². The molecule has 0 saturated carbocycles. The summed E-state index contributed by atoms with van der Waals surface area (Å²) in [7, 11) is 0. The normalized spacial score (nSPS) is 11.4. The fourth-order valence-corrected chi connectivity index (χ4v) is 1.22. The van der Waals surface area contributed by atoms with Crippen LogP contribution in [0.25, 0.3) is 0 Å². The fraction of sp³-hybridized carbons (Fsp3) is 0.167. The first-order valence-corrected chi connectivity index (χ1v) is 4.98. The van der Waals surface area contributed by atoms with Crippen molar-refractivity contribution in [2.45, 2.75) is 12.5 Å². The van der Waals surface area contributed by atoms with Crippen molar-refractivity contribution in [3.63, 3.8) is 0 Å². The Bertz CT molecular complexity index is 523. The molecule has 0 heterocycles. The summed E-state index contributed by atoms with van der Waals surface area (Å²) in [5.74, 6) is -0.647. The largest absolute Gasteiger partial charge is 0.478 e. The maximum atomic E-state index is 13.3. The highest BCUT2D eigenvalue weighted by Gasteiger charge is 2.14. The van der Waals surface area contributed by atoms with E-state index in [1.165, 1.54) is 6.07 Å². The number of carbonyl (C=O) groups is 2. The first-order valence-electron chi connectivity index (χ1n) is 4.98. The quantitative estimate of drug-likeness (QED) is 0.689. The summed E-state index contributed by atoms with van der Waals surface area (Å²) in [6.45, 7) is 0. The molecule has 5 nitrogen and oxygen atoms in total. The molecule has 0 aliphatic rings. The third-order valence-electron chi connectivity index (χ3n) is 2.14. The number of nitrogens with one attached hydrogen (secondary N) is 1. The van der Waals surface area contributed by atoms with Gasteiger partial charge in [-0.1, -0.05) is 0 Å². The van der Waals surface area contributed by atoms with E-state index in [2.05, 4.69) is 11.2 Å². The lowest BCUT2D eigenvalue weighted by atomic mass is 10.1. The zero-order chi connectivity index (χ0) is 13.7. The number of anilines is 1. The zero-order valence-electron chi connectivity index (χ0n) is 9.31. The van der Waals surface area contributed by atoms with Crippen molar-refractivity contribution in [3.05, 3.63) is 29.6 Å². The van der Waals surface area contributed by atoms with Gasteiger partial charge in [0, 0.05) is 12.1 Å². The molecule has 1 unspecified atom stereocenters. The highest BCUT2D eigenvalue weighted by Crippen LogP contribution is 2.14. The standard InChI is InChI=1S/C12H11FN2O3/c1-2-3-10(14)11(16)15-7-4-5-8(12(17)18)9(13)6-7/h1,4-6,10H,3,14H2,(H,15,16)(H,17,18). The summed E-state index contributed by atoms with van der Waals surface area (Å²) in [6.07, 6.45) is 5.06. The number of nitrogens with two attached hydrogens (primary N) is 1. The average molecular weight is 250 g/mol. The van der Waals surface area contributed by atoms with E-state index in [1.54, 1.807) is 0 Å². The number of carboxylic acid groups (broad SMARTS) is 1. The Kier molecular flexibility index (Phi) is 4.40. The van der Waals surface area contributed by atoms with E-state index in [4.69, 9.17) is 17.3 Å². The zero-order valence-corrected chi connectivity index (χ0v) is 9.31. The lowest BCUT2D eigenvalue weighted by Crippen LogP contribution is -2.35. The minimum Gasteiger partial charge on any atom is -0.478 e. The molecule has 0 aliphatic carbocycles. The number of halogens is 1. The molecule has 1 aromatic rings. The van der Waals surface area contributed by atoms with Crippen LogP contribution in [0.4, 0.5) is 10.1 Å². The van der Waals surface area contributed by atoms with Gasteiger partial charge in [-0.25, -0.2) is 9.18 Å². The van der Waals surface area contributed by atoms with Crippen molar-refractivity contribution in [1.29, 1.82) is 0 Å². The van der Waals surface area contributed by atoms with Gasteiger partial charge >= 0.3 is 5.97 Å². The number of benzene rings is 1. The number of hydrogen-bond acceptors (Lipinski definition) is 3. The molecule has 0 spiro atoms. The van der Waals surface area contributed by atoms with Gasteiger partial charge in [0.25, 0.3) is 0 Å². The molecule has 0 aliphatic heterocycles. The average Bonchev–Trinajstić information content (AvgIpc) is 2.28. The Morgan fingerprint density at radius 2 is 2.22 bits per heavy atom. The van der Waals surface area contributed by atoms with Gasteiger partial charge in [-0.15, -0.1) is 12.3 Å². The predicted molar refractivity (Wildman–Crippen MR) is 63.4 cm³/mol. The topological polar surface area (TPSA) is 92.4 Å². The van der Waals surface area contributed by atoms with Crippen molar-refractivity contribution in [1.82, 2.24) is 0 Å². The van der Waals surface area contributed by atoms with E-state index in [-0.39, 0.29) is 12.1 Å². The second-order valence-electron chi connectivity index (χ2n) is 3.50. The van der Waals surface area contributed by atoms with Crippen LogP contribution in [0, 0.1) is 18.2 Å². The van der Waals surface area contributed by atoms with Gasteiger partial charge < -0.3 is 16.2 Å². The molecule has 6 heteroatoms. The molecule has 0 bridgehead atoms. The van der Waals surface area contributed by atoms with Crippen LogP contribution >= 0.6 is 0 Å². The molecule has 0 saturated heterocycles. The second-order valence-corrected chi connectivity index (χ2v) is 3.50. The fourth-order valence-electron chi connectivity index (χ4n) is 1.22. The molecular weight excluding hydrogens is 239 g/mol. The third-order valence-corrected chi connectivity index (χ3v) is 2.14. The Hall–Kier alpha value is -2.39. The van der Waals surface area contributed by atoms with E-state index in [0.29, 0.717) is 0 Å². The maximum absolute atomic E-state index is 13.3. The van der Waals surface area contributed by atoms with Crippen LogP contribution in [-0.2, 0) is 4.79 Å². The van der Waals surface area contributed by atoms with Crippen LogP contribution < -0.4 is 11.1 Å². The summed E-state index contributed by atoms with van der Waals surface area (Å²) in [4.78, 5) is 22.0. The number of rotatable bonds is 4. The van der Waals surface area contributed by atoms with Crippen molar-refractivity contribution >= 4 is 17.6 Å². The van der Waals surface area contributed by atoms with E-state index in [9.17, 15) is 14.0 Å². The summed E-state index contributed by atoms with van der Waals surface area (Å²) >= 11 is 0. The molecule has 0 radical (unpaired) electrons. The molecule has 1 amide bonds. The van der Waals surface area contributed by atoms with Gasteiger partial charge in [-0.2, -0.15) is 0 Å². The summed E-state index contributed by atoms with van der Waals surface area (Å²) < 4.78 is 13.3. The van der Waals surface area contributed by atoms with E-state index < -0.39 is 29.3 Å². The van der Waals surface area contributed by atoms with E-state index >= 15 is 0 Å².